The molecule has 1 unspecified atom stereocenters. The molecule has 0 spiro atoms. The van der Waals surface area contributed by atoms with Gasteiger partial charge in [-0.3, -0.25) is 9.59 Å². The Morgan fingerprint density at radius 2 is 2.35 bits per heavy atom. The maximum absolute atomic E-state index is 11.0. The smallest absolute Gasteiger partial charge is 0.320 e. The number of nitrogens with two attached hydrogens (primary N) is 1. The molecule has 2 rings (SSSR count). The SMILES string of the molecule is NC(Cc1ccc2c(c1)OCC(=O)N2)C(=O)O. The van der Waals surface area contributed by atoms with Crippen molar-refractivity contribution >= 4 is 17.6 Å². The molecule has 0 saturated heterocycles. The molecule has 6 nitrogen and oxygen atoms in total. The predicted octanol–water partition coefficient (Wildman–Crippen LogP) is -0.0281. The third-order valence-electron chi connectivity index (χ3n) is 2.45. The zero-order valence-electron chi connectivity index (χ0n) is 8.97. The number of aliphatic carboxylic acids is 1. The molecule has 1 aliphatic heterocycles. The van der Waals surface area contributed by atoms with Crippen molar-refractivity contribution in [2.75, 3.05) is 11.9 Å². The van der Waals surface area contributed by atoms with E-state index in [1.807, 2.05) is 0 Å². The number of amides is 1. The second-order valence-corrected chi connectivity index (χ2v) is 3.82. The van der Waals surface area contributed by atoms with Gasteiger partial charge in [0.25, 0.3) is 5.91 Å². The molecule has 1 aromatic rings. The van der Waals surface area contributed by atoms with E-state index in [-0.39, 0.29) is 18.9 Å². The van der Waals surface area contributed by atoms with Crippen LogP contribution in [-0.4, -0.2) is 29.6 Å². The number of carbonyl (C=O) groups is 2. The van der Waals surface area contributed by atoms with Gasteiger partial charge in [0.05, 0.1) is 5.69 Å². The lowest BCUT2D eigenvalue weighted by Crippen LogP contribution is -2.32. The molecule has 0 fully saturated rings. The van der Waals surface area contributed by atoms with Crippen molar-refractivity contribution in [3.8, 4) is 5.75 Å². The topological polar surface area (TPSA) is 102 Å². The minimum atomic E-state index is -1.04. The quantitative estimate of drug-likeness (QED) is 0.684. The Morgan fingerprint density at radius 1 is 1.59 bits per heavy atom. The molecule has 1 aliphatic rings. The first-order valence-electron chi connectivity index (χ1n) is 5.10. The van der Waals surface area contributed by atoms with Gasteiger partial charge in [0, 0.05) is 0 Å². The van der Waals surface area contributed by atoms with Gasteiger partial charge in [-0.2, -0.15) is 0 Å². The molecule has 4 N–H and O–H groups in total. The van der Waals surface area contributed by atoms with Crippen LogP contribution in [0, 0.1) is 0 Å². The number of benzene rings is 1. The van der Waals surface area contributed by atoms with Gasteiger partial charge in [-0.15, -0.1) is 0 Å². The maximum Gasteiger partial charge on any atom is 0.320 e. The first kappa shape index (κ1) is 11.4. The van der Waals surface area contributed by atoms with Gasteiger partial charge in [-0.25, -0.2) is 0 Å². The molecular weight excluding hydrogens is 224 g/mol. The Balaban J connectivity index is 2.16. The second-order valence-electron chi connectivity index (χ2n) is 3.82. The van der Waals surface area contributed by atoms with E-state index in [0.29, 0.717) is 11.4 Å². The fourth-order valence-corrected chi connectivity index (χ4v) is 1.59. The van der Waals surface area contributed by atoms with Crippen molar-refractivity contribution in [1.29, 1.82) is 0 Å². The molecule has 0 aromatic heterocycles. The molecule has 1 atom stereocenters. The maximum atomic E-state index is 11.0. The van der Waals surface area contributed by atoms with Gasteiger partial charge >= 0.3 is 5.97 Å². The Kier molecular flexibility index (Phi) is 2.97. The van der Waals surface area contributed by atoms with Gasteiger partial charge in [-0.05, 0) is 24.1 Å². The summed E-state index contributed by atoms with van der Waals surface area (Å²) in [5, 5.41) is 11.4. The molecule has 90 valence electrons. The van der Waals surface area contributed by atoms with E-state index in [2.05, 4.69) is 5.32 Å². The standard InChI is InChI=1S/C11H12N2O4/c12-7(11(15)16)3-6-1-2-8-9(4-6)17-5-10(14)13-8/h1-2,4,7H,3,5,12H2,(H,13,14)(H,15,16). The van der Waals surface area contributed by atoms with Gasteiger partial charge < -0.3 is 20.9 Å². The predicted molar refractivity (Wildman–Crippen MR) is 59.9 cm³/mol. The fourth-order valence-electron chi connectivity index (χ4n) is 1.59. The summed E-state index contributed by atoms with van der Waals surface area (Å²) in [6, 6.07) is 4.15. The van der Waals surface area contributed by atoms with Crippen molar-refractivity contribution in [2.24, 2.45) is 5.73 Å². The van der Waals surface area contributed by atoms with Gasteiger partial charge in [-0.1, -0.05) is 6.07 Å². The Labute approximate surface area is 97.4 Å². The van der Waals surface area contributed by atoms with Gasteiger partial charge in [0.2, 0.25) is 0 Å². The first-order valence-corrected chi connectivity index (χ1v) is 5.10. The number of hydrogen-bond acceptors (Lipinski definition) is 4. The van der Waals surface area contributed by atoms with Crippen LogP contribution in [0.4, 0.5) is 5.69 Å². The van der Waals surface area contributed by atoms with E-state index >= 15 is 0 Å². The van der Waals surface area contributed by atoms with E-state index in [0.717, 1.165) is 5.56 Å². The normalized spacial score (nSPS) is 15.5. The highest BCUT2D eigenvalue weighted by Gasteiger charge is 2.18. The summed E-state index contributed by atoms with van der Waals surface area (Å²) in [6.45, 7) is -0.0264. The van der Waals surface area contributed by atoms with Gasteiger partial charge in [0.1, 0.15) is 11.8 Å². The number of carboxylic acid groups (broad SMARTS) is 1. The summed E-state index contributed by atoms with van der Waals surface area (Å²) in [4.78, 5) is 21.7. The zero-order chi connectivity index (χ0) is 12.4. The number of anilines is 1. The molecule has 17 heavy (non-hydrogen) atoms. The lowest BCUT2D eigenvalue weighted by molar-refractivity contribution is -0.138. The van der Waals surface area contributed by atoms with Crippen LogP contribution >= 0.6 is 0 Å². The third kappa shape index (κ3) is 2.54. The molecule has 0 bridgehead atoms. The van der Waals surface area contributed by atoms with Crippen LogP contribution in [0.3, 0.4) is 0 Å². The summed E-state index contributed by atoms with van der Waals surface area (Å²) in [7, 11) is 0. The van der Waals surface area contributed by atoms with Crippen molar-refractivity contribution in [3.63, 3.8) is 0 Å². The molecule has 1 heterocycles. The highest BCUT2D eigenvalue weighted by molar-refractivity contribution is 5.95. The van der Waals surface area contributed by atoms with Crippen LogP contribution in [0.1, 0.15) is 5.56 Å². The van der Waals surface area contributed by atoms with Crippen LogP contribution in [0.2, 0.25) is 0 Å². The van der Waals surface area contributed by atoms with Crippen LogP contribution in [0.15, 0.2) is 18.2 Å². The summed E-state index contributed by atoms with van der Waals surface area (Å²) in [5.74, 6) is -0.705. The average molecular weight is 236 g/mol. The zero-order valence-corrected chi connectivity index (χ0v) is 8.97. The summed E-state index contributed by atoms with van der Waals surface area (Å²) >= 11 is 0. The first-order chi connectivity index (χ1) is 8.06. The number of rotatable bonds is 3. The van der Waals surface area contributed by atoms with E-state index in [1.54, 1.807) is 18.2 Å². The number of carboxylic acids is 1. The number of hydrogen-bond donors (Lipinski definition) is 3. The average Bonchev–Trinajstić information content (AvgIpc) is 2.29. The van der Waals surface area contributed by atoms with E-state index in [4.69, 9.17) is 15.6 Å². The molecule has 1 aromatic carbocycles. The van der Waals surface area contributed by atoms with Crippen LogP contribution < -0.4 is 15.8 Å². The van der Waals surface area contributed by atoms with Crippen LogP contribution in [0.25, 0.3) is 0 Å². The van der Waals surface area contributed by atoms with E-state index in [1.165, 1.54) is 0 Å². The van der Waals surface area contributed by atoms with Crippen molar-refractivity contribution < 1.29 is 19.4 Å². The Morgan fingerprint density at radius 3 is 3.06 bits per heavy atom. The summed E-state index contributed by atoms with van der Waals surface area (Å²) in [6.07, 6.45) is 0.222. The monoisotopic (exact) mass is 236 g/mol. The number of ether oxygens (including phenoxy) is 1. The third-order valence-corrected chi connectivity index (χ3v) is 2.45. The highest BCUT2D eigenvalue weighted by atomic mass is 16.5. The molecule has 0 aliphatic carbocycles. The van der Waals surface area contributed by atoms with Crippen molar-refractivity contribution in [1.82, 2.24) is 0 Å². The Bertz CT molecular complexity index is 473. The van der Waals surface area contributed by atoms with E-state index in [9.17, 15) is 9.59 Å². The van der Waals surface area contributed by atoms with E-state index < -0.39 is 12.0 Å². The summed E-state index contributed by atoms with van der Waals surface area (Å²) < 4.78 is 5.22. The highest BCUT2D eigenvalue weighted by Crippen LogP contribution is 2.28. The van der Waals surface area contributed by atoms with Crippen LogP contribution in [-0.2, 0) is 16.0 Å². The molecule has 6 heteroatoms. The second kappa shape index (κ2) is 4.42. The number of carbonyl (C=O) groups excluding carboxylic acids is 1. The summed E-state index contributed by atoms with van der Waals surface area (Å²) in [5.41, 5.74) is 6.79. The molecular formula is C11H12N2O4. The number of nitrogens with one attached hydrogen (secondary N) is 1. The molecule has 0 radical (unpaired) electrons. The molecule has 0 saturated carbocycles. The minimum Gasteiger partial charge on any atom is -0.482 e. The van der Waals surface area contributed by atoms with Gasteiger partial charge in [0.15, 0.2) is 6.61 Å². The number of fused-ring (bicyclic) bond motifs is 1. The molecule has 1 amide bonds. The lowest BCUT2D eigenvalue weighted by Gasteiger charge is -2.18. The largest absolute Gasteiger partial charge is 0.482 e. The van der Waals surface area contributed by atoms with Crippen molar-refractivity contribution in [3.05, 3.63) is 23.8 Å². The lowest BCUT2D eigenvalue weighted by atomic mass is 10.1. The van der Waals surface area contributed by atoms with Crippen LogP contribution in [0.5, 0.6) is 5.75 Å². The Hall–Kier alpha value is -2.08. The minimum absolute atomic E-state index is 0.0264. The fraction of sp³-hybridized carbons (Fsp3) is 0.273. The van der Waals surface area contributed by atoms with Crippen molar-refractivity contribution in [2.45, 2.75) is 12.5 Å².